The SMILES string of the molecule is ClN(NBr)c1ccccc1. The summed E-state index contributed by atoms with van der Waals surface area (Å²) in [5, 5.41) is 0. The van der Waals surface area contributed by atoms with Crippen molar-refractivity contribution in [2.75, 3.05) is 4.53 Å². The lowest BCUT2D eigenvalue weighted by molar-refractivity contribution is 1.10. The van der Waals surface area contributed by atoms with E-state index in [4.69, 9.17) is 11.8 Å². The average Bonchev–Trinajstić information content (AvgIpc) is 2.05. The van der Waals surface area contributed by atoms with E-state index in [9.17, 15) is 0 Å². The Kier molecular flexibility index (Phi) is 2.99. The fraction of sp³-hybridized carbons (Fsp3) is 0. The minimum Gasteiger partial charge on any atom is -0.208 e. The lowest BCUT2D eigenvalue weighted by Gasteiger charge is -2.10. The van der Waals surface area contributed by atoms with Gasteiger partial charge in [-0.15, -0.1) is 0 Å². The highest BCUT2D eigenvalue weighted by atomic mass is 79.9. The van der Waals surface area contributed by atoms with Crippen molar-refractivity contribution in [3.8, 4) is 0 Å². The largest absolute Gasteiger partial charge is 0.208 e. The smallest absolute Gasteiger partial charge is 0.0715 e. The van der Waals surface area contributed by atoms with Crippen molar-refractivity contribution in [1.29, 1.82) is 0 Å². The van der Waals surface area contributed by atoms with Crippen molar-refractivity contribution >= 4 is 33.6 Å². The van der Waals surface area contributed by atoms with Crippen molar-refractivity contribution in [2.45, 2.75) is 0 Å². The van der Waals surface area contributed by atoms with E-state index < -0.39 is 0 Å². The maximum Gasteiger partial charge on any atom is 0.0715 e. The molecule has 0 spiro atoms. The summed E-state index contributed by atoms with van der Waals surface area (Å²) in [7, 11) is 0. The first-order valence-electron chi connectivity index (χ1n) is 2.72. The van der Waals surface area contributed by atoms with Gasteiger partial charge in [-0.25, -0.2) is 4.53 Å². The van der Waals surface area contributed by atoms with Gasteiger partial charge in [-0.3, -0.25) is 0 Å². The van der Waals surface area contributed by atoms with Crippen LogP contribution in [0.4, 0.5) is 5.69 Å². The minimum atomic E-state index is 0.890. The van der Waals surface area contributed by atoms with Gasteiger partial charge in [0.05, 0.1) is 5.69 Å². The highest BCUT2D eigenvalue weighted by Crippen LogP contribution is 2.12. The zero-order valence-electron chi connectivity index (χ0n) is 5.09. The van der Waals surface area contributed by atoms with E-state index in [0.717, 1.165) is 5.69 Å². The van der Waals surface area contributed by atoms with Gasteiger partial charge in [0.1, 0.15) is 0 Å². The third-order valence-electron chi connectivity index (χ3n) is 1.06. The van der Waals surface area contributed by atoms with Crippen molar-refractivity contribution < 1.29 is 0 Å². The summed E-state index contributed by atoms with van der Waals surface area (Å²) < 4.78 is 3.94. The van der Waals surface area contributed by atoms with Gasteiger partial charge in [-0.05, 0) is 12.1 Å². The molecule has 4 heteroatoms. The summed E-state index contributed by atoms with van der Waals surface area (Å²) >= 11 is 8.66. The summed E-state index contributed by atoms with van der Waals surface area (Å²) in [5.74, 6) is 0. The number of nitrogens with zero attached hydrogens (tertiary/aromatic N) is 1. The molecule has 0 heterocycles. The molecule has 2 nitrogen and oxygen atoms in total. The van der Waals surface area contributed by atoms with Gasteiger partial charge in [0.15, 0.2) is 0 Å². The number of para-hydroxylation sites is 1. The minimum absolute atomic E-state index is 0.890. The van der Waals surface area contributed by atoms with Crippen LogP contribution < -0.4 is 8.98 Å². The Labute approximate surface area is 73.2 Å². The molecule has 1 N–H and O–H groups in total. The number of benzene rings is 1. The molecule has 0 unspecified atom stereocenters. The maximum atomic E-state index is 5.67. The highest BCUT2D eigenvalue weighted by molar-refractivity contribution is 9.08. The Balaban J connectivity index is 2.75. The molecule has 0 saturated heterocycles. The number of rotatable bonds is 2. The average molecular weight is 221 g/mol. The number of hydrogen-bond acceptors (Lipinski definition) is 2. The van der Waals surface area contributed by atoms with Crippen molar-refractivity contribution in [1.82, 2.24) is 4.45 Å². The molecule has 0 aliphatic heterocycles. The van der Waals surface area contributed by atoms with Crippen LogP contribution >= 0.6 is 27.9 Å². The molecule has 0 saturated carbocycles. The predicted octanol–water partition coefficient (Wildman–Crippen LogP) is 2.46. The first-order valence-corrected chi connectivity index (χ1v) is 3.85. The molecule has 1 rings (SSSR count). The fourth-order valence-corrected chi connectivity index (χ4v) is 0.925. The summed E-state index contributed by atoms with van der Waals surface area (Å²) in [6.07, 6.45) is 0. The molecule has 0 radical (unpaired) electrons. The molecule has 0 atom stereocenters. The Morgan fingerprint density at radius 3 is 2.40 bits per heavy atom. The Bertz CT molecular complexity index is 192. The van der Waals surface area contributed by atoms with E-state index in [2.05, 4.69) is 20.6 Å². The van der Waals surface area contributed by atoms with Gasteiger partial charge in [0.25, 0.3) is 0 Å². The lowest BCUT2D eigenvalue weighted by Crippen LogP contribution is -2.18. The van der Waals surface area contributed by atoms with E-state index in [1.54, 1.807) is 0 Å². The lowest BCUT2D eigenvalue weighted by atomic mass is 10.3. The number of nitrogens with one attached hydrogen (secondary N) is 1. The third kappa shape index (κ3) is 1.87. The van der Waals surface area contributed by atoms with Crippen molar-refractivity contribution in [3.63, 3.8) is 0 Å². The fourth-order valence-electron chi connectivity index (χ4n) is 0.608. The summed E-state index contributed by atoms with van der Waals surface area (Å²) in [4.78, 5) is 0. The van der Waals surface area contributed by atoms with Gasteiger partial charge in [-0.2, -0.15) is 4.45 Å². The van der Waals surface area contributed by atoms with Crippen LogP contribution in [0.15, 0.2) is 30.3 Å². The second-order valence-electron chi connectivity index (χ2n) is 1.70. The first kappa shape index (κ1) is 7.85. The Morgan fingerprint density at radius 2 is 1.90 bits per heavy atom. The number of anilines is 1. The van der Waals surface area contributed by atoms with Crippen LogP contribution in [0, 0.1) is 0 Å². The maximum absolute atomic E-state index is 5.67. The van der Waals surface area contributed by atoms with E-state index in [1.807, 2.05) is 30.3 Å². The van der Waals surface area contributed by atoms with Crippen molar-refractivity contribution in [3.05, 3.63) is 30.3 Å². The summed E-state index contributed by atoms with van der Waals surface area (Å²) in [5.41, 5.74) is 0.890. The molecule has 0 fully saturated rings. The summed E-state index contributed by atoms with van der Waals surface area (Å²) in [6.45, 7) is 0. The topological polar surface area (TPSA) is 15.3 Å². The van der Waals surface area contributed by atoms with Crippen LogP contribution in [0.25, 0.3) is 0 Å². The standard InChI is InChI=1S/C6H6BrClN2/c7-9-10(8)6-4-2-1-3-5-6/h1-5,9H. The predicted molar refractivity (Wildman–Crippen MR) is 46.8 cm³/mol. The van der Waals surface area contributed by atoms with Crippen molar-refractivity contribution in [2.24, 2.45) is 0 Å². The quantitative estimate of drug-likeness (QED) is 0.610. The van der Waals surface area contributed by atoms with Crippen LogP contribution in [0.1, 0.15) is 0 Å². The van der Waals surface area contributed by atoms with Crippen LogP contribution in [0.5, 0.6) is 0 Å². The van der Waals surface area contributed by atoms with E-state index in [1.165, 1.54) is 4.53 Å². The molecule has 54 valence electrons. The number of halogens is 2. The van der Waals surface area contributed by atoms with E-state index >= 15 is 0 Å². The molecule has 10 heavy (non-hydrogen) atoms. The molecule has 1 aromatic rings. The van der Waals surface area contributed by atoms with Crippen LogP contribution in [0.3, 0.4) is 0 Å². The van der Waals surface area contributed by atoms with Gasteiger partial charge in [0, 0.05) is 27.9 Å². The normalized spacial score (nSPS) is 9.40. The molecule has 0 aliphatic rings. The van der Waals surface area contributed by atoms with Gasteiger partial charge in [-0.1, -0.05) is 18.2 Å². The van der Waals surface area contributed by atoms with Gasteiger partial charge in [0.2, 0.25) is 0 Å². The van der Waals surface area contributed by atoms with Gasteiger partial charge < -0.3 is 0 Å². The zero-order valence-corrected chi connectivity index (χ0v) is 7.43. The Morgan fingerprint density at radius 1 is 1.30 bits per heavy atom. The van der Waals surface area contributed by atoms with Crippen LogP contribution in [0.2, 0.25) is 0 Å². The second-order valence-corrected chi connectivity index (χ2v) is 2.39. The molecule has 0 amide bonds. The monoisotopic (exact) mass is 220 g/mol. The zero-order chi connectivity index (χ0) is 7.40. The molecule has 0 bridgehead atoms. The molecular weight excluding hydrogens is 215 g/mol. The third-order valence-corrected chi connectivity index (χ3v) is 1.90. The molecule has 0 aromatic heterocycles. The summed E-state index contributed by atoms with van der Waals surface area (Å²) in [6, 6.07) is 9.54. The first-order chi connectivity index (χ1) is 4.84. The van der Waals surface area contributed by atoms with Crippen LogP contribution in [-0.4, -0.2) is 0 Å². The van der Waals surface area contributed by atoms with Gasteiger partial charge >= 0.3 is 0 Å². The van der Waals surface area contributed by atoms with E-state index in [0.29, 0.717) is 0 Å². The number of hydrazine groups is 1. The molecule has 1 aromatic carbocycles. The molecular formula is C6H6BrClN2. The molecule has 0 aliphatic carbocycles. The Hall–Kier alpha value is -0.250. The highest BCUT2D eigenvalue weighted by Gasteiger charge is 1.96. The van der Waals surface area contributed by atoms with Crippen LogP contribution in [-0.2, 0) is 0 Å². The second kappa shape index (κ2) is 3.81. The van der Waals surface area contributed by atoms with E-state index in [-0.39, 0.29) is 0 Å². The number of hydrogen-bond donors (Lipinski definition) is 1.